The van der Waals surface area contributed by atoms with Gasteiger partial charge in [0.05, 0.1) is 17.7 Å². The van der Waals surface area contributed by atoms with Crippen molar-refractivity contribution in [1.82, 2.24) is 29.7 Å². The predicted molar refractivity (Wildman–Crippen MR) is 97.5 cm³/mol. The number of hydrogen-bond donors (Lipinski definition) is 1. The van der Waals surface area contributed by atoms with Crippen LogP contribution in [0.4, 0.5) is 0 Å². The van der Waals surface area contributed by atoms with Crippen LogP contribution in [0.15, 0.2) is 18.6 Å². The van der Waals surface area contributed by atoms with Gasteiger partial charge >= 0.3 is 0 Å². The molecule has 0 amide bonds. The van der Waals surface area contributed by atoms with E-state index in [9.17, 15) is 0 Å². The van der Waals surface area contributed by atoms with Gasteiger partial charge in [0.1, 0.15) is 17.5 Å². The van der Waals surface area contributed by atoms with Crippen molar-refractivity contribution in [2.75, 3.05) is 19.6 Å². The second kappa shape index (κ2) is 6.36. The lowest BCUT2D eigenvalue weighted by atomic mass is 9.80. The number of nitriles is 1. The van der Waals surface area contributed by atoms with Crippen molar-refractivity contribution in [2.24, 2.45) is 11.8 Å². The molecule has 5 rings (SSSR count). The molecule has 0 radical (unpaired) electrons. The summed E-state index contributed by atoms with van der Waals surface area (Å²) in [5.41, 5.74) is 3.13. The molecule has 26 heavy (non-hydrogen) atoms. The largest absolute Gasteiger partial charge is 0.346 e. The molecular formula is C19H23N7. The van der Waals surface area contributed by atoms with Gasteiger partial charge in [0.2, 0.25) is 0 Å². The maximum atomic E-state index is 9.08. The molecule has 0 aromatic carbocycles. The van der Waals surface area contributed by atoms with Gasteiger partial charge < -0.3 is 9.88 Å². The summed E-state index contributed by atoms with van der Waals surface area (Å²) in [5, 5.41) is 19.0. The normalized spacial score (nSPS) is 27.3. The molecule has 1 atom stereocenters. The van der Waals surface area contributed by atoms with Gasteiger partial charge in [-0.15, -0.1) is 5.10 Å². The van der Waals surface area contributed by atoms with E-state index in [1.807, 2.05) is 10.7 Å². The average molecular weight is 349 g/mol. The van der Waals surface area contributed by atoms with Crippen LogP contribution in [0.1, 0.15) is 43.7 Å². The molecule has 1 aliphatic carbocycles. The van der Waals surface area contributed by atoms with E-state index in [2.05, 4.69) is 37.3 Å². The van der Waals surface area contributed by atoms with Gasteiger partial charge in [0, 0.05) is 30.6 Å². The van der Waals surface area contributed by atoms with Gasteiger partial charge in [-0.3, -0.25) is 0 Å². The monoisotopic (exact) mass is 349 g/mol. The van der Waals surface area contributed by atoms with E-state index in [0.717, 1.165) is 54.2 Å². The van der Waals surface area contributed by atoms with Crippen molar-refractivity contribution in [3.8, 4) is 6.07 Å². The van der Waals surface area contributed by atoms with Crippen molar-refractivity contribution in [2.45, 2.75) is 38.0 Å². The highest BCUT2D eigenvalue weighted by Gasteiger charge is 2.30. The van der Waals surface area contributed by atoms with Crippen LogP contribution in [0.25, 0.3) is 16.6 Å². The maximum absolute atomic E-state index is 9.08. The molecule has 2 fully saturated rings. The molecular weight excluding hydrogens is 326 g/mol. The Morgan fingerprint density at radius 3 is 2.92 bits per heavy atom. The number of nitrogens with one attached hydrogen (secondary N) is 1. The maximum Gasteiger partial charge on any atom is 0.141 e. The van der Waals surface area contributed by atoms with Crippen LogP contribution in [0.5, 0.6) is 0 Å². The van der Waals surface area contributed by atoms with E-state index >= 15 is 0 Å². The number of aromatic amines is 1. The fourth-order valence-electron chi connectivity index (χ4n) is 4.78. The van der Waals surface area contributed by atoms with Gasteiger partial charge in [0.15, 0.2) is 0 Å². The zero-order chi connectivity index (χ0) is 17.5. The lowest BCUT2D eigenvalue weighted by Gasteiger charge is -2.30. The standard InChI is InChI=1S/C19H23N7/c20-9-14-6-8-25(11-14)10-13-1-3-15(4-2-13)17-18-16-5-7-21-19(16)22-12-26(18)24-23-17/h5,7,12-15,21H,1-4,6,8,10-11H2/t13?,14-,15?/m1/s1. The fraction of sp³-hybridized carbons (Fsp3) is 0.579. The van der Waals surface area contributed by atoms with Crippen molar-refractivity contribution < 1.29 is 0 Å². The van der Waals surface area contributed by atoms with Crippen molar-refractivity contribution in [3.05, 3.63) is 24.3 Å². The Bertz CT molecular complexity index is 957. The minimum absolute atomic E-state index is 0.242. The number of fused-ring (bicyclic) bond motifs is 3. The van der Waals surface area contributed by atoms with Gasteiger partial charge in [-0.25, -0.2) is 9.50 Å². The van der Waals surface area contributed by atoms with E-state index in [1.54, 1.807) is 6.33 Å². The second-order valence-electron chi connectivity index (χ2n) is 7.84. The summed E-state index contributed by atoms with van der Waals surface area (Å²) in [4.78, 5) is 10.1. The van der Waals surface area contributed by atoms with Crippen molar-refractivity contribution >= 4 is 16.6 Å². The van der Waals surface area contributed by atoms with Gasteiger partial charge in [-0.05, 0) is 50.6 Å². The number of nitrogens with zero attached hydrogens (tertiary/aromatic N) is 6. The van der Waals surface area contributed by atoms with Crippen molar-refractivity contribution in [3.63, 3.8) is 0 Å². The molecule has 7 heteroatoms. The summed E-state index contributed by atoms with van der Waals surface area (Å²) in [6.07, 6.45) is 9.52. The minimum atomic E-state index is 0.242. The van der Waals surface area contributed by atoms with E-state index in [0.29, 0.717) is 5.92 Å². The summed E-state index contributed by atoms with van der Waals surface area (Å²) in [7, 11) is 0. The SMILES string of the molecule is N#C[C@H]1CCN(CC2CCC(c3nnn4cnc5[nH]ccc5c34)CC2)C1. The molecule has 1 aliphatic heterocycles. The van der Waals surface area contributed by atoms with Gasteiger partial charge in [-0.1, -0.05) is 5.21 Å². The smallest absolute Gasteiger partial charge is 0.141 e. The molecule has 4 heterocycles. The molecule has 0 bridgehead atoms. The summed E-state index contributed by atoms with van der Waals surface area (Å²) in [5.74, 6) is 1.47. The average Bonchev–Trinajstić information content (AvgIpc) is 3.40. The van der Waals surface area contributed by atoms with Crippen molar-refractivity contribution in [1.29, 1.82) is 5.26 Å². The van der Waals surface area contributed by atoms with E-state index in [-0.39, 0.29) is 5.92 Å². The number of likely N-dealkylation sites (tertiary alicyclic amines) is 1. The number of rotatable bonds is 3. The Kier molecular flexibility index (Phi) is 3.86. The highest BCUT2D eigenvalue weighted by Crippen LogP contribution is 2.38. The Morgan fingerprint density at radius 2 is 2.12 bits per heavy atom. The van der Waals surface area contributed by atoms with Gasteiger partial charge in [-0.2, -0.15) is 5.26 Å². The highest BCUT2D eigenvalue weighted by molar-refractivity contribution is 5.92. The first-order valence-corrected chi connectivity index (χ1v) is 9.61. The van der Waals surface area contributed by atoms with E-state index < -0.39 is 0 Å². The fourth-order valence-corrected chi connectivity index (χ4v) is 4.78. The van der Waals surface area contributed by atoms with E-state index in [1.165, 1.54) is 25.7 Å². The molecule has 134 valence electrons. The Morgan fingerprint density at radius 1 is 1.23 bits per heavy atom. The Labute approximate surface area is 152 Å². The summed E-state index contributed by atoms with van der Waals surface area (Å²) in [6.45, 7) is 3.20. The first-order chi connectivity index (χ1) is 12.8. The molecule has 1 saturated heterocycles. The van der Waals surface area contributed by atoms with Crippen LogP contribution in [0, 0.1) is 23.2 Å². The zero-order valence-corrected chi connectivity index (χ0v) is 14.8. The lowest BCUT2D eigenvalue weighted by molar-refractivity contribution is 0.220. The summed E-state index contributed by atoms with van der Waals surface area (Å²) in [6, 6.07) is 4.48. The molecule has 3 aromatic heterocycles. The van der Waals surface area contributed by atoms with Gasteiger partial charge in [0.25, 0.3) is 0 Å². The van der Waals surface area contributed by atoms with Crippen LogP contribution in [0.2, 0.25) is 0 Å². The third-order valence-electron chi connectivity index (χ3n) is 6.20. The topological polar surface area (TPSA) is 85.9 Å². The number of hydrogen-bond acceptors (Lipinski definition) is 5. The Balaban J connectivity index is 1.29. The number of H-pyrrole nitrogens is 1. The summed E-state index contributed by atoms with van der Waals surface area (Å²) < 4.78 is 1.81. The van der Waals surface area contributed by atoms with E-state index in [4.69, 9.17) is 5.26 Å². The molecule has 7 nitrogen and oxygen atoms in total. The minimum Gasteiger partial charge on any atom is -0.346 e. The van der Waals surface area contributed by atoms with Crippen LogP contribution in [-0.2, 0) is 0 Å². The molecule has 2 aliphatic rings. The quantitative estimate of drug-likeness (QED) is 0.786. The molecule has 0 spiro atoms. The van der Waals surface area contributed by atoms with Crippen LogP contribution >= 0.6 is 0 Å². The zero-order valence-electron chi connectivity index (χ0n) is 14.8. The molecule has 1 N–H and O–H groups in total. The third kappa shape index (κ3) is 2.65. The second-order valence-corrected chi connectivity index (χ2v) is 7.84. The lowest BCUT2D eigenvalue weighted by Crippen LogP contribution is -2.29. The highest BCUT2D eigenvalue weighted by atomic mass is 15.4. The van der Waals surface area contributed by atoms with Crippen LogP contribution in [-0.4, -0.2) is 49.3 Å². The predicted octanol–water partition coefficient (Wildman–Crippen LogP) is 2.72. The molecule has 0 unspecified atom stereocenters. The molecule has 3 aromatic rings. The molecule has 1 saturated carbocycles. The summed E-state index contributed by atoms with van der Waals surface area (Å²) >= 11 is 0. The first-order valence-electron chi connectivity index (χ1n) is 9.61. The van der Waals surface area contributed by atoms with Crippen LogP contribution in [0.3, 0.4) is 0 Å². The first kappa shape index (κ1) is 15.8. The number of aromatic nitrogens is 5. The Hall–Kier alpha value is -2.46. The van der Waals surface area contributed by atoms with Crippen LogP contribution < -0.4 is 0 Å². The third-order valence-corrected chi connectivity index (χ3v) is 6.20.